The molecule has 1 amide bonds. The summed E-state index contributed by atoms with van der Waals surface area (Å²) < 4.78 is 41.8. The monoisotopic (exact) mass is 463 g/mol. The van der Waals surface area contributed by atoms with Gasteiger partial charge in [-0.15, -0.1) is 0 Å². The van der Waals surface area contributed by atoms with E-state index in [1.165, 1.54) is 27.7 Å². The summed E-state index contributed by atoms with van der Waals surface area (Å²) in [7, 11) is 0. The van der Waals surface area contributed by atoms with Crippen LogP contribution in [0.2, 0.25) is 0 Å². The van der Waals surface area contributed by atoms with Gasteiger partial charge in [0.25, 0.3) is 0 Å². The van der Waals surface area contributed by atoms with Gasteiger partial charge in [-0.3, -0.25) is 4.79 Å². The molecule has 2 heterocycles. The molecular formula is C27H24F3N3O. The highest BCUT2D eigenvalue weighted by Crippen LogP contribution is 2.36. The van der Waals surface area contributed by atoms with Crippen molar-refractivity contribution >= 4 is 22.6 Å². The van der Waals surface area contributed by atoms with E-state index in [0.29, 0.717) is 6.54 Å². The number of aromatic nitrogens is 2. The molecule has 0 saturated carbocycles. The summed E-state index contributed by atoms with van der Waals surface area (Å²) in [5.74, 6) is 0.360. The fourth-order valence-corrected chi connectivity index (χ4v) is 4.69. The van der Waals surface area contributed by atoms with Crippen LogP contribution < -0.4 is 4.90 Å². The van der Waals surface area contributed by atoms with Gasteiger partial charge in [0.15, 0.2) is 0 Å². The van der Waals surface area contributed by atoms with Crippen LogP contribution in [-0.4, -0.2) is 22.0 Å². The van der Waals surface area contributed by atoms with Crippen molar-refractivity contribution in [3.05, 3.63) is 94.8 Å². The first-order valence-electron chi connectivity index (χ1n) is 11.2. The first-order valence-corrected chi connectivity index (χ1v) is 11.2. The Hall–Kier alpha value is -3.61. The molecule has 1 saturated heterocycles. The molecule has 0 spiro atoms. The number of benzene rings is 3. The molecule has 0 N–H and O–H groups in total. The van der Waals surface area contributed by atoms with Crippen molar-refractivity contribution in [2.45, 2.75) is 38.9 Å². The number of alkyl halides is 3. The van der Waals surface area contributed by atoms with E-state index in [-0.39, 0.29) is 30.5 Å². The Kier molecular flexibility index (Phi) is 5.42. The number of aryl methyl sites for hydroxylation is 2. The summed E-state index contributed by atoms with van der Waals surface area (Å²) in [6, 6.07) is 19.1. The van der Waals surface area contributed by atoms with Crippen molar-refractivity contribution in [1.29, 1.82) is 0 Å². The van der Waals surface area contributed by atoms with E-state index in [2.05, 4.69) is 36.6 Å². The van der Waals surface area contributed by atoms with E-state index < -0.39 is 11.7 Å². The van der Waals surface area contributed by atoms with Gasteiger partial charge in [0.1, 0.15) is 5.82 Å². The highest BCUT2D eigenvalue weighted by Gasteiger charge is 2.36. The lowest BCUT2D eigenvalue weighted by Gasteiger charge is -2.19. The number of anilines is 1. The summed E-state index contributed by atoms with van der Waals surface area (Å²) in [5, 5.41) is 0. The molecule has 0 unspecified atom stereocenters. The van der Waals surface area contributed by atoms with Gasteiger partial charge in [0.2, 0.25) is 5.91 Å². The molecule has 1 atom stereocenters. The number of hydrogen-bond donors (Lipinski definition) is 0. The molecule has 5 rings (SSSR count). The minimum absolute atomic E-state index is 0.199. The summed E-state index contributed by atoms with van der Waals surface area (Å²) in [6.07, 6.45) is -4.26. The largest absolute Gasteiger partial charge is 0.416 e. The molecule has 4 nitrogen and oxygen atoms in total. The first kappa shape index (κ1) is 22.2. The maximum Gasteiger partial charge on any atom is 0.416 e. The maximum absolute atomic E-state index is 13.2. The van der Waals surface area contributed by atoms with Crippen LogP contribution in [-0.2, 0) is 17.5 Å². The minimum atomic E-state index is -4.46. The molecule has 34 heavy (non-hydrogen) atoms. The molecule has 0 bridgehead atoms. The van der Waals surface area contributed by atoms with Crippen LogP contribution in [0.5, 0.6) is 0 Å². The highest BCUT2D eigenvalue weighted by atomic mass is 19.4. The Bertz CT molecular complexity index is 1390. The molecule has 0 aliphatic carbocycles. The van der Waals surface area contributed by atoms with Crippen molar-refractivity contribution in [2.75, 3.05) is 11.4 Å². The van der Waals surface area contributed by atoms with Crippen LogP contribution in [0.1, 0.15) is 40.4 Å². The highest BCUT2D eigenvalue weighted by molar-refractivity contribution is 5.96. The van der Waals surface area contributed by atoms with Gasteiger partial charge < -0.3 is 9.47 Å². The summed E-state index contributed by atoms with van der Waals surface area (Å²) in [5.41, 5.74) is 4.82. The van der Waals surface area contributed by atoms with Gasteiger partial charge in [-0.05, 0) is 55.3 Å². The number of carbonyl (C=O) groups is 1. The summed E-state index contributed by atoms with van der Waals surface area (Å²) >= 11 is 0. The van der Waals surface area contributed by atoms with E-state index >= 15 is 0 Å². The zero-order valence-electron chi connectivity index (χ0n) is 18.9. The van der Waals surface area contributed by atoms with E-state index in [4.69, 9.17) is 4.98 Å². The molecular weight excluding hydrogens is 439 g/mol. The average molecular weight is 464 g/mol. The minimum Gasteiger partial charge on any atom is -0.323 e. The standard InChI is InChI=1S/C27H24F3N3O/c1-17-10-11-18(2)19(12-17)15-33-24-9-4-3-8-23(24)31-26(33)20-13-25(34)32(16-20)22-7-5-6-21(14-22)27(28,29)30/h3-12,14,20H,13,15-16H2,1-2H3/t20-/m1/s1. The van der Waals surface area contributed by atoms with E-state index in [1.54, 1.807) is 6.07 Å². The number of hydrogen-bond acceptors (Lipinski definition) is 2. The number of halogens is 3. The maximum atomic E-state index is 13.2. The average Bonchev–Trinajstić information content (AvgIpc) is 3.36. The van der Waals surface area contributed by atoms with Crippen molar-refractivity contribution in [2.24, 2.45) is 0 Å². The number of imidazole rings is 1. The van der Waals surface area contributed by atoms with Crippen molar-refractivity contribution in [3.8, 4) is 0 Å². The molecule has 1 fully saturated rings. The van der Waals surface area contributed by atoms with Gasteiger partial charge in [0.05, 0.1) is 16.6 Å². The number of fused-ring (bicyclic) bond motifs is 1. The summed E-state index contributed by atoms with van der Waals surface area (Å²) in [4.78, 5) is 19.2. The molecule has 1 aliphatic heterocycles. The third-order valence-corrected chi connectivity index (χ3v) is 6.49. The lowest BCUT2D eigenvalue weighted by atomic mass is 10.0. The van der Waals surface area contributed by atoms with Crippen LogP contribution in [0, 0.1) is 13.8 Å². The third kappa shape index (κ3) is 4.06. The van der Waals surface area contributed by atoms with Gasteiger partial charge in [0, 0.05) is 31.1 Å². The fraction of sp³-hybridized carbons (Fsp3) is 0.259. The second-order valence-electron chi connectivity index (χ2n) is 8.93. The van der Waals surface area contributed by atoms with Gasteiger partial charge in [-0.25, -0.2) is 4.98 Å². The van der Waals surface area contributed by atoms with Crippen molar-refractivity contribution in [1.82, 2.24) is 9.55 Å². The lowest BCUT2D eigenvalue weighted by Crippen LogP contribution is -2.25. The number of nitrogens with zero attached hydrogens (tertiary/aromatic N) is 3. The van der Waals surface area contributed by atoms with E-state index in [1.807, 2.05) is 24.3 Å². The first-order chi connectivity index (χ1) is 16.2. The molecule has 174 valence electrons. The SMILES string of the molecule is Cc1ccc(C)c(Cn2c([C@@H]3CC(=O)N(c4cccc(C(F)(F)F)c4)C3)nc3ccccc32)c1. The van der Waals surface area contributed by atoms with Crippen LogP contribution in [0.3, 0.4) is 0 Å². The zero-order chi connectivity index (χ0) is 24.0. The topological polar surface area (TPSA) is 38.1 Å². The van der Waals surface area contributed by atoms with Gasteiger partial charge >= 0.3 is 6.18 Å². The number of rotatable bonds is 4. The molecule has 1 aliphatic rings. The second kappa shape index (κ2) is 8.31. The quantitative estimate of drug-likeness (QED) is 0.359. The molecule has 7 heteroatoms. The second-order valence-corrected chi connectivity index (χ2v) is 8.93. The van der Waals surface area contributed by atoms with Gasteiger partial charge in [-0.2, -0.15) is 13.2 Å². The zero-order valence-corrected chi connectivity index (χ0v) is 18.9. The number of amides is 1. The van der Waals surface area contributed by atoms with Crippen LogP contribution in [0.25, 0.3) is 11.0 Å². The normalized spacial score (nSPS) is 16.6. The molecule has 4 aromatic rings. The van der Waals surface area contributed by atoms with Crippen LogP contribution in [0.4, 0.5) is 18.9 Å². The molecule has 0 radical (unpaired) electrons. The Morgan fingerprint density at radius 2 is 1.79 bits per heavy atom. The Morgan fingerprint density at radius 3 is 2.59 bits per heavy atom. The van der Waals surface area contributed by atoms with E-state index in [0.717, 1.165) is 29.0 Å². The Balaban J connectivity index is 1.52. The van der Waals surface area contributed by atoms with Crippen molar-refractivity contribution in [3.63, 3.8) is 0 Å². The number of para-hydroxylation sites is 2. The number of carbonyl (C=O) groups excluding carboxylic acids is 1. The molecule has 3 aromatic carbocycles. The lowest BCUT2D eigenvalue weighted by molar-refractivity contribution is -0.137. The van der Waals surface area contributed by atoms with Gasteiger partial charge in [-0.1, -0.05) is 42.0 Å². The third-order valence-electron chi connectivity index (χ3n) is 6.49. The van der Waals surface area contributed by atoms with Crippen LogP contribution in [0.15, 0.2) is 66.7 Å². The van der Waals surface area contributed by atoms with Crippen molar-refractivity contribution < 1.29 is 18.0 Å². The Labute approximate surface area is 195 Å². The van der Waals surface area contributed by atoms with E-state index in [9.17, 15) is 18.0 Å². The smallest absolute Gasteiger partial charge is 0.323 e. The van der Waals surface area contributed by atoms with Crippen LogP contribution >= 0.6 is 0 Å². The fourth-order valence-electron chi connectivity index (χ4n) is 4.69. The summed E-state index contributed by atoms with van der Waals surface area (Å²) in [6.45, 7) is 5.02. The predicted octanol–water partition coefficient (Wildman–Crippen LogP) is 6.24. The Morgan fingerprint density at radius 1 is 1.00 bits per heavy atom. The molecule has 1 aromatic heterocycles. The predicted molar refractivity (Wildman–Crippen MR) is 126 cm³/mol.